The lowest BCUT2D eigenvalue weighted by Gasteiger charge is -2.08. The Hall–Kier alpha value is -2.74. The maximum absolute atomic E-state index is 12.3. The number of esters is 1. The van der Waals surface area contributed by atoms with Crippen molar-refractivity contribution in [2.75, 3.05) is 19.0 Å². The summed E-state index contributed by atoms with van der Waals surface area (Å²) in [5.74, 6) is -1.14. The topological polar surface area (TPSA) is 90.7 Å². The molecule has 0 aliphatic carbocycles. The van der Waals surface area contributed by atoms with Crippen LogP contribution in [0.25, 0.3) is 11.3 Å². The van der Waals surface area contributed by atoms with Gasteiger partial charge < -0.3 is 14.0 Å². The summed E-state index contributed by atoms with van der Waals surface area (Å²) in [5.41, 5.74) is 0.196. The molecular formula is C19H13Cl3N2O5. The van der Waals surface area contributed by atoms with Crippen LogP contribution in [0, 0.1) is 0 Å². The summed E-state index contributed by atoms with van der Waals surface area (Å²) in [5, 5.41) is 7.31. The highest BCUT2D eigenvalue weighted by molar-refractivity contribution is 6.39. The van der Waals surface area contributed by atoms with Gasteiger partial charge in [0.25, 0.3) is 5.91 Å². The molecule has 10 heteroatoms. The van der Waals surface area contributed by atoms with E-state index in [4.69, 9.17) is 48.8 Å². The quantitative estimate of drug-likeness (QED) is 0.520. The van der Waals surface area contributed by atoms with E-state index in [0.717, 1.165) is 0 Å². The Morgan fingerprint density at radius 2 is 1.72 bits per heavy atom. The first-order valence-corrected chi connectivity index (χ1v) is 9.24. The summed E-state index contributed by atoms with van der Waals surface area (Å²) < 4.78 is 15.3. The smallest absolute Gasteiger partial charge is 0.345 e. The number of hydrogen-bond acceptors (Lipinski definition) is 6. The lowest BCUT2D eigenvalue weighted by molar-refractivity contribution is -0.118. The van der Waals surface area contributed by atoms with E-state index in [9.17, 15) is 9.59 Å². The fraction of sp³-hybridized carbons (Fsp3) is 0.105. The van der Waals surface area contributed by atoms with Crippen LogP contribution in [-0.2, 0) is 9.53 Å². The Balaban J connectivity index is 1.84. The Morgan fingerprint density at radius 3 is 2.34 bits per heavy atom. The van der Waals surface area contributed by atoms with E-state index in [2.05, 4.69) is 10.5 Å². The number of benzene rings is 2. The monoisotopic (exact) mass is 454 g/mol. The summed E-state index contributed by atoms with van der Waals surface area (Å²) >= 11 is 18.2. The molecule has 0 radical (unpaired) electrons. The molecule has 3 rings (SSSR count). The van der Waals surface area contributed by atoms with Crippen molar-refractivity contribution in [1.29, 1.82) is 0 Å². The molecule has 29 heavy (non-hydrogen) atoms. The average molecular weight is 456 g/mol. The zero-order valence-electron chi connectivity index (χ0n) is 14.9. The van der Waals surface area contributed by atoms with Gasteiger partial charge in [-0.1, -0.05) is 46.0 Å². The molecule has 150 valence electrons. The van der Waals surface area contributed by atoms with Crippen LogP contribution in [0.1, 0.15) is 10.4 Å². The van der Waals surface area contributed by atoms with Crippen molar-refractivity contribution in [3.63, 3.8) is 0 Å². The zero-order chi connectivity index (χ0) is 21.0. The van der Waals surface area contributed by atoms with Gasteiger partial charge in [-0.2, -0.15) is 0 Å². The van der Waals surface area contributed by atoms with Gasteiger partial charge in [0, 0.05) is 10.6 Å². The normalized spacial score (nSPS) is 10.5. The van der Waals surface area contributed by atoms with Crippen LogP contribution in [0.15, 0.2) is 47.0 Å². The Bertz CT molecular complexity index is 1030. The number of anilines is 1. The summed E-state index contributed by atoms with van der Waals surface area (Å²) in [7, 11) is 1.18. The van der Waals surface area contributed by atoms with Crippen molar-refractivity contribution in [3.8, 4) is 17.0 Å². The van der Waals surface area contributed by atoms with Crippen LogP contribution >= 0.6 is 34.8 Å². The number of nitrogens with one attached hydrogen (secondary N) is 1. The van der Waals surface area contributed by atoms with E-state index in [1.165, 1.54) is 7.11 Å². The first kappa shape index (κ1) is 21.0. The van der Waals surface area contributed by atoms with Crippen LogP contribution in [0.3, 0.4) is 0 Å². The van der Waals surface area contributed by atoms with Crippen LogP contribution in [0.5, 0.6) is 5.75 Å². The lowest BCUT2D eigenvalue weighted by atomic mass is 10.1. The van der Waals surface area contributed by atoms with Crippen LogP contribution in [-0.4, -0.2) is 30.7 Å². The summed E-state index contributed by atoms with van der Waals surface area (Å²) in [6.45, 7) is -0.342. The van der Waals surface area contributed by atoms with Gasteiger partial charge in [-0.3, -0.25) is 10.1 Å². The molecule has 0 aliphatic heterocycles. The SMILES string of the molecule is COC(=O)c1c(-c2c(Cl)cccc2Cl)noc1NC(=O)COc1ccc(Cl)cc1. The number of carbonyl (C=O) groups excluding carboxylic acids is 2. The number of carbonyl (C=O) groups is 2. The molecule has 0 aliphatic rings. The molecule has 0 saturated carbocycles. The van der Waals surface area contributed by atoms with Gasteiger partial charge in [-0.05, 0) is 36.4 Å². The van der Waals surface area contributed by atoms with Gasteiger partial charge in [0.1, 0.15) is 11.4 Å². The molecule has 1 heterocycles. The molecule has 1 aromatic heterocycles. The van der Waals surface area contributed by atoms with Crippen molar-refractivity contribution in [2.24, 2.45) is 0 Å². The van der Waals surface area contributed by atoms with E-state index in [1.807, 2.05) is 0 Å². The van der Waals surface area contributed by atoms with Gasteiger partial charge in [0.05, 0.1) is 17.2 Å². The third-order valence-electron chi connectivity index (χ3n) is 3.72. The molecule has 0 fully saturated rings. The first-order valence-electron chi connectivity index (χ1n) is 8.11. The summed E-state index contributed by atoms with van der Waals surface area (Å²) in [6, 6.07) is 11.3. The van der Waals surface area contributed by atoms with Crippen molar-refractivity contribution < 1.29 is 23.6 Å². The molecule has 0 atom stereocenters. The van der Waals surface area contributed by atoms with E-state index in [1.54, 1.807) is 42.5 Å². The number of methoxy groups -OCH3 is 1. The number of aromatic nitrogens is 1. The molecule has 0 unspecified atom stereocenters. The Kier molecular flexibility index (Phi) is 6.64. The molecule has 3 aromatic rings. The standard InChI is InChI=1S/C19H13Cl3N2O5/c1-27-19(26)16-17(15-12(21)3-2-4-13(15)22)24-29-18(16)23-14(25)9-28-11-7-5-10(20)6-8-11/h2-8H,9H2,1H3,(H,23,25). The second-order valence-corrected chi connectivity index (χ2v) is 6.87. The van der Waals surface area contributed by atoms with Crippen molar-refractivity contribution in [2.45, 2.75) is 0 Å². The minimum absolute atomic E-state index is 0.0429. The van der Waals surface area contributed by atoms with Gasteiger partial charge >= 0.3 is 5.97 Å². The number of hydrogen-bond donors (Lipinski definition) is 1. The highest BCUT2D eigenvalue weighted by Gasteiger charge is 2.28. The fourth-order valence-corrected chi connectivity index (χ4v) is 3.11. The first-order chi connectivity index (χ1) is 13.9. The molecule has 0 bridgehead atoms. The lowest BCUT2D eigenvalue weighted by Crippen LogP contribution is -2.21. The molecule has 0 saturated heterocycles. The van der Waals surface area contributed by atoms with Crippen molar-refractivity contribution in [1.82, 2.24) is 5.16 Å². The third-order valence-corrected chi connectivity index (χ3v) is 4.60. The highest BCUT2D eigenvalue weighted by Crippen LogP contribution is 2.38. The van der Waals surface area contributed by atoms with Crippen LogP contribution in [0.2, 0.25) is 15.1 Å². The Morgan fingerprint density at radius 1 is 1.07 bits per heavy atom. The number of amides is 1. The van der Waals surface area contributed by atoms with Gasteiger partial charge in [-0.25, -0.2) is 4.79 Å². The molecule has 1 N–H and O–H groups in total. The van der Waals surface area contributed by atoms with Crippen LogP contribution in [0.4, 0.5) is 5.88 Å². The number of nitrogens with zero attached hydrogens (tertiary/aromatic N) is 1. The van der Waals surface area contributed by atoms with E-state index < -0.39 is 11.9 Å². The maximum atomic E-state index is 12.3. The fourth-order valence-electron chi connectivity index (χ4n) is 2.40. The minimum atomic E-state index is -0.786. The van der Waals surface area contributed by atoms with E-state index >= 15 is 0 Å². The highest BCUT2D eigenvalue weighted by atomic mass is 35.5. The summed E-state index contributed by atoms with van der Waals surface area (Å²) in [6.07, 6.45) is 0. The van der Waals surface area contributed by atoms with Gasteiger partial charge in [0.2, 0.25) is 5.88 Å². The zero-order valence-corrected chi connectivity index (χ0v) is 17.1. The second kappa shape index (κ2) is 9.17. The van der Waals surface area contributed by atoms with Crippen LogP contribution < -0.4 is 10.1 Å². The molecule has 7 nitrogen and oxygen atoms in total. The predicted molar refractivity (Wildman–Crippen MR) is 109 cm³/mol. The number of rotatable bonds is 6. The second-order valence-electron chi connectivity index (χ2n) is 5.61. The van der Waals surface area contributed by atoms with Gasteiger partial charge in [0.15, 0.2) is 12.2 Å². The van der Waals surface area contributed by atoms with E-state index in [0.29, 0.717) is 10.8 Å². The van der Waals surface area contributed by atoms with E-state index in [-0.39, 0.29) is 39.4 Å². The molecular weight excluding hydrogens is 443 g/mol. The Labute approximate surface area is 180 Å². The predicted octanol–water partition coefficient (Wildman–Crippen LogP) is 5.11. The third kappa shape index (κ3) is 4.82. The summed E-state index contributed by atoms with van der Waals surface area (Å²) in [4.78, 5) is 24.5. The molecule has 1 amide bonds. The van der Waals surface area contributed by atoms with Gasteiger partial charge in [-0.15, -0.1) is 0 Å². The number of halogens is 3. The minimum Gasteiger partial charge on any atom is -0.484 e. The van der Waals surface area contributed by atoms with Crippen molar-refractivity contribution >= 4 is 52.6 Å². The van der Waals surface area contributed by atoms with Crippen molar-refractivity contribution in [3.05, 3.63) is 63.1 Å². The molecule has 0 spiro atoms. The average Bonchev–Trinajstić information content (AvgIpc) is 3.10. The number of ether oxygens (including phenoxy) is 2. The largest absolute Gasteiger partial charge is 0.484 e. The maximum Gasteiger partial charge on any atom is 0.345 e. The molecule has 2 aromatic carbocycles.